The van der Waals surface area contributed by atoms with Gasteiger partial charge in [0.1, 0.15) is 5.60 Å². The monoisotopic (exact) mass is 396 g/mol. The highest BCUT2D eigenvalue weighted by Crippen LogP contribution is 2.19. The lowest BCUT2D eigenvalue weighted by molar-refractivity contribution is -0.757. The third-order valence-electron chi connectivity index (χ3n) is 3.48. The Balaban J connectivity index is 2.32. The van der Waals surface area contributed by atoms with Crippen molar-refractivity contribution in [3.63, 3.8) is 0 Å². The molecule has 0 bridgehead atoms. The summed E-state index contributed by atoms with van der Waals surface area (Å²) in [5, 5.41) is 11.9. The molecular weight excluding hydrogens is 368 g/mol. The number of ether oxygens (including phenoxy) is 2. The minimum absolute atomic E-state index is 0.00795. The van der Waals surface area contributed by atoms with E-state index in [2.05, 4.69) is 10.2 Å². The zero-order chi connectivity index (χ0) is 21.0. The molecular formula is C19H28N2O7. The van der Waals surface area contributed by atoms with Crippen LogP contribution in [-0.2, 0) is 25.5 Å². The molecule has 156 valence electrons. The van der Waals surface area contributed by atoms with E-state index in [0.717, 1.165) is 5.56 Å². The second kappa shape index (κ2) is 11.8. The SMILES string of the molecule is CC(C)(C)OC(=O)Nc1ccccc1CCCC(=O)OCCCCO[N+](=O)[O-]. The summed E-state index contributed by atoms with van der Waals surface area (Å²) in [4.78, 5) is 37.8. The van der Waals surface area contributed by atoms with Crippen LogP contribution in [0.2, 0.25) is 0 Å². The number of hydrogen-bond donors (Lipinski definition) is 1. The number of aryl methyl sites for hydroxylation is 1. The van der Waals surface area contributed by atoms with Crippen LogP contribution in [0.1, 0.15) is 52.0 Å². The maximum Gasteiger partial charge on any atom is 0.412 e. The lowest BCUT2D eigenvalue weighted by Gasteiger charge is -2.20. The van der Waals surface area contributed by atoms with Crippen LogP contribution in [0.5, 0.6) is 0 Å². The third kappa shape index (κ3) is 11.0. The fourth-order valence-electron chi connectivity index (χ4n) is 2.30. The summed E-state index contributed by atoms with van der Waals surface area (Å²) < 4.78 is 10.3. The number of carbonyl (C=O) groups is 2. The van der Waals surface area contributed by atoms with Gasteiger partial charge >= 0.3 is 12.1 Å². The quantitative estimate of drug-likeness (QED) is 0.261. The predicted octanol–water partition coefficient (Wildman–Crippen LogP) is 3.89. The van der Waals surface area contributed by atoms with Gasteiger partial charge in [-0.25, -0.2) is 4.79 Å². The second-order valence-corrected chi connectivity index (χ2v) is 7.12. The number of nitrogens with zero attached hydrogens (tertiary/aromatic N) is 1. The van der Waals surface area contributed by atoms with Crippen molar-refractivity contribution in [3.05, 3.63) is 39.9 Å². The van der Waals surface area contributed by atoms with Crippen molar-refractivity contribution in [2.75, 3.05) is 18.5 Å². The normalized spacial score (nSPS) is 10.8. The van der Waals surface area contributed by atoms with Gasteiger partial charge in [0, 0.05) is 12.1 Å². The van der Waals surface area contributed by atoms with Crippen molar-refractivity contribution in [3.8, 4) is 0 Å². The molecule has 1 aromatic rings. The van der Waals surface area contributed by atoms with Crippen LogP contribution in [0.25, 0.3) is 0 Å². The fraction of sp³-hybridized carbons (Fsp3) is 0.579. The average Bonchev–Trinajstić information content (AvgIpc) is 2.57. The van der Waals surface area contributed by atoms with E-state index in [4.69, 9.17) is 9.47 Å². The summed E-state index contributed by atoms with van der Waals surface area (Å²) in [6, 6.07) is 7.34. The van der Waals surface area contributed by atoms with Crippen molar-refractivity contribution >= 4 is 17.7 Å². The average molecular weight is 396 g/mol. The van der Waals surface area contributed by atoms with Crippen LogP contribution in [0.4, 0.5) is 10.5 Å². The molecule has 0 spiro atoms. The number of rotatable bonds is 11. The van der Waals surface area contributed by atoms with Gasteiger partial charge in [0.2, 0.25) is 0 Å². The van der Waals surface area contributed by atoms with Crippen LogP contribution in [-0.4, -0.2) is 36.0 Å². The molecule has 1 rings (SSSR count). The molecule has 0 aliphatic heterocycles. The van der Waals surface area contributed by atoms with E-state index >= 15 is 0 Å². The van der Waals surface area contributed by atoms with Gasteiger partial charge in [-0.3, -0.25) is 10.1 Å². The van der Waals surface area contributed by atoms with Crippen LogP contribution in [0, 0.1) is 10.1 Å². The number of amides is 1. The van der Waals surface area contributed by atoms with E-state index in [1.807, 2.05) is 18.2 Å². The molecule has 0 aliphatic carbocycles. The van der Waals surface area contributed by atoms with Gasteiger partial charge in [0.25, 0.3) is 5.09 Å². The van der Waals surface area contributed by atoms with Crippen molar-refractivity contribution in [2.24, 2.45) is 0 Å². The summed E-state index contributed by atoms with van der Waals surface area (Å²) in [7, 11) is 0. The summed E-state index contributed by atoms with van der Waals surface area (Å²) in [6.45, 7) is 5.57. The molecule has 0 fully saturated rings. The first-order valence-electron chi connectivity index (χ1n) is 9.18. The van der Waals surface area contributed by atoms with Crippen molar-refractivity contribution in [1.29, 1.82) is 0 Å². The van der Waals surface area contributed by atoms with Crippen molar-refractivity contribution < 1.29 is 29.0 Å². The van der Waals surface area contributed by atoms with E-state index in [1.165, 1.54) is 0 Å². The third-order valence-corrected chi connectivity index (χ3v) is 3.48. The number of benzene rings is 1. The molecule has 1 amide bonds. The number of nitrogens with one attached hydrogen (secondary N) is 1. The van der Waals surface area contributed by atoms with Crippen LogP contribution >= 0.6 is 0 Å². The molecule has 1 N–H and O–H groups in total. The van der Waals surface area contributed by atoms with Crippen molar-refractivity contribution in [2.45, 2.75) is 58.5 Å². The minimum atomic E-state index is -0.846. The summed E-state index contributed by atoms with van der Waals surface area (Å²) in [5.41, 5.74) is 0.965. The van der Waals surface area contributed by atoms with E-state index in [-0.39, 0.29) is 25.6 Å². The molecule has 28 heavy (non-hydrogen) atoms. The van der Waals surface area contributed by atoms with Gasteiger partial charge in [-0.15, -0.1) is 10.1 Å². The smallest absolute Gasteiger partial charge is 0.412 e. The Hall–Kier alpha value is -2.84. The Bertz CT molecular complexity index is 656. The first-order chi connectivity index (χ1) is 13.2. The van der Waals surface area contributed by atoms with Gasteiger partial charge in [-0.1, -0.05) is 18.2 Å². The number of carbonyl (C=O) groups excluding carboxylic acids is 2. The van der Waals surface area contributed by atoms with Gasteiger partial charge < -0.3 is 14.3 Å². The molecule has 0 heterocycles. The molecule has 0 saturated heterocycles. The standard InChI is InChI=1S/C19H28N2O7/c1-19(2,3)28-18(23)20-16-11-5-4-9-15(16)10-8-12-17(22)26-13-6-7-14-27-21(24)25/h4-5,9,11H,6-8,10,12-14H2,1-3H3,(H,20,23). The van der Waals surface area contributed by atoms with Crippen LogP contribution in [0.3, 0.4) is 0 Å². The first-order valence-corrected chi connectivity index (χ1v) is 9.18. The van der Waals surface area contributed by atoms with E-state index in [0.29, 0.717) is 31.4 Å². The predicted molar refractivity (Wildman–Crippen MR) is 102 cm³/mol. The Morgan fingerprint density at radius 3 is 2.46 bits per heavy atom. The zero-order valence-corrected chi connectivity index (χ0v) is 16.6. The lowest BCUT2D eigenvalue weighted by Crippen LogP contribution is -2.27. The molecule has 0 aliphatic rings. The Kier molecular flexibility index (Phi) is 9.76. The molecule has 9 nitrogen and oxygen atoms in total. The molecule has 0 saturated carbocycles. The maximum atomic E-state index is 11.9. The molecule has 1 aromatic carbocycles. The number of hydrogen-bond acceptors (Lipinski definition) is 7. The minimum Gasteiger partial charge on any atom is -0.466 e. The number of esters is 1. The maximum absolute atomic E-state index is 11.9. The first kappa shape index (κ1) is 23.2. The number of unbranched alkanes of at least 4 members (excludes halogenated alkanes) is 1. The Morgan fingerprint density at radius 2 is 1.79 bits per heavy atom. The van der Waals surface area contributed by atoms with Gasteiger partial charge in [-0.05, 0) is 58.1 Å². The van der Waals surface area contributed by atoms with Gasteiger partial charge in [-0.2, -0.15) is 0 Å². The highest BCUT2D eigenvalue weighted by Gasteiger charge is 2.17. The summed E-state index contributed by atoms with van der Waals surface area (Å²) in [6.07, 6.45) is 1.82. The molecule has 0 aromatic heterocycles. The molecule has 0 radical (unpaired) electrons. The topological polar surface area (TPSA) is 117 Å². The van der Waals surface area contributed by atoms with Crippen LogP contribution in [0.15, 0.2) is 24.3 Å². The fourth-order valence-corrected chi connectivity index (χ4v) is 2.30. The Labute approximate surface area is 164 Å². The molecule has 0 unspecified atom stereocenters. The van der Waals surface area contributed by atoms with Crippen LogP contribution < -0.4 is 5.32 Å². The molecule has 9 heteroatoms. The van der Waals surface area contributed by atoms with Gasteiger partial charge in [0.05, 0.1) is 13.2 Å². The number of anilines is 1. The molecule has 0 atom stereocenters. The van der Waals surface area contributed by atoms with Crippen molar-refractivity contribution in [1.82, 2.24) is 0 Å². The second-order valence-electron chi connectivity index (χ2n) is 7.12. The largest absolute Gasteiger partial charge is 0.466 e. The summed E-state index contributed by atoms with van der Waals surface area (Å²) in [5.74, 6) is -0.326. The lowest BCUT2D eigenvalue weighted by atomic mass is 10.1. The zero-order valence-electron chi connectivity index (χ0n) is 16.6. The highest BCUT2D eigenvalue weighted by atomic mass is 16.9. The van der Waals surface area contributed by atoms with E-state index in [9.17, 15) is 19.7 Å². The Morgan fingerprint density at radius 1 is 1.11 bits per heavy atom. The van der Waals surface area contributed by atoms with E-state index in [1.54, 1.807) is 26.8 Å². The highest BCUT2D eigenvalue weighted by molar-refractivity contribution is 5.85. The number of para-hydroxylation sites is 1. The van der Waals surface area contributed by atoms with Gasteiger partial charge in [0.15, 0.2) is 0 Å². The van der Waals surface area contributed by atoms with E-state index < -0.39 is 16.8 Å². The summed E-state index contributed by atoms with van der Waals surface area (Å²) >= 11 is 0.